The maximum absolute atomic E-state index is 12.8. The molecular formula is C25H30N6O2. The van der Waals surface area contributed by atoms with Crippen LogP contribution >= 0.6 is 0 Å². The smallest absolute Gasteiger partial charge is 0.255 e. The third kappa shape index (κ3) is 5.88. The van der Waals surface area contributed by atoms with Crippen LogP contribution in [0.1, 0.15) is 40.9 Å². The first kappa shape index (κ1) is 23.8. The highest BCUT2D eigenvalue weighted by Gasteiger charge is 2.16. The number of carbonyl (C=O) groups is 1. The van der Waals surface area contributed by atoms with Crippen molar-refractivity contribution < 1.29 is 9.53 Å². The minimum atomic E-state index is -0.544. The number of hydrazine groups is 1. The Morgan fingerprint density at radius 2 is 1.88 bits per heavy atom. The van der Waals surface area contributed by atoms with Crippen molar-refractivity contribution in [1.82, 2.24) is 4.98 Å². The van der Waals surface area contributed by atoms with E-state index in [9.17, 15) is 4.79 Å². The molecule has 172 valence electrons. The molecule has 8 nitrogen and oxygen atoms in total. The second-order valence-electron chi connectivity index (χ2n) is 8.36. The number of ether oxygens (including phenoxy) is 1. The molecule has 2 aromatic carbocycles. The number of benzene rings is 2. The molecule has 0 atom stereocenters. The number of pyridine rings is 1. The van der Waals surface area contributed by atoms with Gasteiger partial charge in [-0.15, -0.1) is 0 Å². The van der Waals surface area contributed by atoms with Gasteiger partial charge in [0.2, 0.25) is 0 Å². The number of nitrogens with one attached hydrogen (secondary N) is 1. The Balaban J connectivity index is 1.82. The van der Waals surface area contributed by atoms with Gasteiger partial charge in [0.15, 0.2) is 0 Å². The van der Waals surface area contributed by atoms with Gasteiger partial charge in [0.25, 0.3) is 5.91 Å². The molecule has 1 heterocycles. The van der Waals surface area contributed by atoms with Crippen LogP contribution in [0.5, 0.6) is 5.75 Å². The second kappa shape index (κ2) is 9.72. The fourth-order valence-electron chi connectivity index (χ4n) is 3.21. The van der Waals surface area contributed by atoms with Crippen molar-refractivity contribution in [2.45, 2.75) is 26.3 Å². The molecule has 0 saturated heterocycles. The number of amides is 1. The summed E-state index contributed by atoms with van der Waals surface area (Å²) in [4.78, 5) is 16.9. The quantitative estimate of drug-likeness (QED) is 0.323. The van der Waals surface area contributed by atoms with Gasteiger partial charge in [-0.05, 0) is 62.2 Å². The zero-order chi connectivity index (χ0) is 24.2. The van der Waals surface area contributed by atoms with Gasteiger partial charge in [0.05, 0.1) is 24.7 Å². The van der Waals surface area contributed by atoms with Crippen molar-refractivity contribution in [3.63, 3.8) is 0 Å². The van der Waals surface area contributed by atoms with Crippen LogP contribution in [0.25, 0.3) is 5.70 Å². The fraction of sp³-hybridized carbons (Fsp3) is 0.200. The van der Waals surface area contributed by atoms with Crippen molar-refractivity contribution in [3.05, 3.63) is 89.4 Å². The molecule has 3 aromatic rings. The van der Waals surface area contributed by atoms with E-state index in [1.165, 1.54) is 5.01 Å². The van der Waals surface area contributed by atoms with Crippen molar-refractivity contribution in [1.29, 1.82) is 0 Å². The maximum Gasteiger partial charge on any atom is 0.255 e. The highest BCUT2D eigenvalue weighted by molar-refractivity contribution is 6.04. The number of methoxy groups -OCH3 is 1. The van der Waals surface area contributed by atoms with Crippen LogP contribution in [0.3, 0.4) is 0 Å². The summed E-state index contributed by atoms with van der Waals surface area (Å²) in [6, 6.07) is 14.5. The average Bonchev–Trinajstić information content (AvgIpc) is 2.79. The summed E-state index contributed by atoms with van der Waals surface area (Å²) in [5.74, 6) is 6.64. The molecule has 1 aromatic heterocycles. The molecule has 7 N–H and O–H groups in total. The highest BCUT2D eigenvalue weighted by atomic mass is 16.5. The van der Waals surface area contributed by atoms with Crippen LogP contribution < -0.4 is 32.4 Å². The number of nitrogens with two attached hydrogens (primary N) is 3. The summed E-state index contributed by atoms with van der Waals surface area (Å²) in [6.45, 7) is 5.71. The van der Waals surface area contributed by atoms with Gasteiger partial charge < -0.3 is 21.5 Å². The Labute approximate surface area is 194 Å². The molecule has 0 aliphatic carbocycles. The summed E-state index contributed by atoms with van der Waals surface area (Å²) in [5.41, 5.74) is 16.5. The van der Waals surface area contributed by atoms with E-state index >= 15 is 0 Å². The van der Waals surface area contributed by atoms with Crippen LogP contribution in [0.2, 0.25) is 0 Å². The number of anilines is 2. The number of aryl methyl sites for hydroxylation is 1. The van der Waals surface area contributed by atoms with E-state index in [0.29, 0.717) is 33.9 Å². The average molecular weight is 447 g/mol. The molecule has 0 bridgehead atoms. The largest absolute Gasteiger partial charge is 0.495 e. The van der Waals surface area contributed by atoms with Gasteiger partial charge in [-0.2, -0.15) is 0 Å². The molecule has 0 saturated carbocycles. The van der Waals surface area contributed by atoms with E-state index in [1.807, 2.05) is 45.0 Å². The molecule has 0 aliphatic rings. The molecule has 33 heavy (non-hydrogen) atoms. The summed E-state index contributed by atoms with van der Waals surface area (Å²) in [6.07, 6.45) is 4.82. The standard InChI is InChI=1S/C25H30N6O2/c1-16-8-9-20(30-24(32)17-6-5-7-19(10-17)25(2,3)27)12-23(16)31(28)15-22(26)18-11-21(33-4)14-29-13-18/h5-15H,26-28H2,1-4H3,(H,30,32)/b22-15-. The molecule has 8 heteroatoms. The summed E-state index contributed by atoms with van der Waals surface area (Å²) >= 11 is 0. The topological polar surface area (TPSA) is 133 Å². The summed E-state index contributed by atoms with van der Waals surface area (Å²) < 4.78 is 5.19. The molecular weight excluding hydrogens is 416 g/mol. The van der Waals surface area contributed by atoms with E-state index in [1.54, 1.807) is 50.0 Å². The van der Waals surface area contributed by atoms with Crippen LogP contribution in [0.4, 0.5) is 11.4 Å². The van der Waals surface area contributed by atoms with Crippen molar-refractivity contribution >= 4 is 23.0 Å². The van der Waals surface area contributed by atoms with E-state index in [2.05, 4.69) is 10.3 Å². The van der Waals surface area contributed by atoms with Crippen LogP contribution in [-0.2, 0) is 5.54 Å². The Kier molecular flexibility index (Phi) is 7.01. The van der Waals surface area contributed by atoms with Crippen molar-refractivity contribution in [2.24, 2.45) is 17.3 Å². The van der Waals surface area contributed by atoms with Gasteiger partial charge in [0.1, 0.15) is 5.75 Å². The van der Waals surface area contributed by atoms with Gasteiger partial charge in [-0.25, -0.2) is 5.84 Å². The zero-order valence-electron chi connectivity index (χ0n) is 19.3. The second-order valence-corrected chi connectivity index (χ2v) is 8.36. The molecule has 0 radical (unpaired) electrons. The molecule has 0 unspecified atom stereocenters. The third-order valence-electron chi connectivity index (χ3n) is 5.17. The SMILES string of the molecule is COc1cncc(/C(N)=C/N(N)c2cc(NC(=O)c3cccc(C(C)(C)N)c3)ccc2C)c1. The Hall–Kier alpha value is -3.88. The van der Waals surface area contributed by atoms with Crippen LogP contribution in [0, 0.1) is 6.92 Å². The lowest BCUT2D eigenvalue weighted by atomic mass is 9.94. The first-order valence-corrected chi connectivity index (χ1v) is 10.4. The fourth-order valence-corrected chi connectivity index (χ4v) is 3.21. The molecule has 0 aliphatic heterocycles. The minimum Gasteiger partial charge on any atom is -0.495 e. The van der Waals surface area contributed by atoms with Gasteiger partial charge in [-0.1, -0.05) is 18.2 Å². The van der Waals surface area contributed by atoms with Crippen molar-refractivity contribution in [2.75, 3.05) is 17.4 Å². The first-order valence-electron chi connectivity index (χ1n) is 10.4. The number of carbonyl (C=O) groups excluding carboxylic acids is 1. The Morgan fingerprint density at radius 1 is 1.12 bits per heavy atom. The highest BCUT2D eigenvalue weighted by Crippen LogP contribution is 2.25. The number of hydrogen-bond donors (Lipinski definition) is 4. The predicted molar refractivity (Wildman–Crippen MR) is 132 cm³/mol. The monoisotopic (exact) mass is 446 g/mol. The molecule has 0 fully saturated rings. The number of rotatable bonds is 7. The number of nitrogens with zero attached hydrogens (tertiary/aromatic N) is 2. The van der Waals surface area contributed by atoms with E-state index in [0.717, 1.165) is 11.1 Å². The predicted octanol–water partition coefficient (Wildman–Crippen LogP) is 3.48. The minimum absolute atomic E-state index is 0.239. The third-order valence-corrected chi connectivity index (χ3v) is 5.17. The van der Waals surface area contributed by atoms with Gasteiger partial charge in [-0.3, -0.25) is 14.8 Å². The van der Waals surface area contributed by atoms with Crippen LogP contribution in [0.15, 0.2) is 67.1 Å². The van der Waals surface area contributed by atoms with E-state index < -0.39 is 5.54 Å². The van der Waals surface area contributed by atoms with Crippen molar-refractivity contribution in [3.8, 4) is 5.75 Å². The maximum atomic E-state index is 12.8. The molecule has 0 spiro atoms. The normalized spacial score (nSPS) is 11.8. The van der Waals surface area contributed by atoms with Crippen LogP contribution in [-0.4, -0.2) is 18.0 Å². The van der Waals surface area contributed by atoms with Gasteiger partial charge >= 0.3 is 0 Å². The van der Waals surface area contributed by atoms with Gasteiger partial charge in [0, 0.05) is 34.8 Å². The van der Waals surface area contributed by atoms with E-state index in [4.69, 9.17) is 22.0 Å². The number of hydrogen-bond acceptors (Lipinski definition) is 7. The summed E-state index contributed by atoms with van der Waals surface area (Å²) in [7, 11) is 1.56. The lowest BCUT2D eigenvalue weighted by Crippen LogP contribution is -2.29. The first-order chi connectivity index (χ1) is 15.6. The lowest BCUT2D eigenvalue weighted by Gasteiger charge is -2.20. The Morgan fingerprint density at radius 3 is 2.58 bits per heavy atom. The Bertz CT molecular complexity index is 1180. The zero-order valence-corrected chi connectivity index (χ0v) is 19.3. The molecule has 1 amide bonds. The molecule has 3 rings (SSSR count). The lowest BCUT2D eigenvalue weighted by molar-refractivity contribution is 0.102. The summed E-state index contributed by atoms with van der Waals surface area (Å²) in [5, 5.41) is 4.33. The van der Waals surface area contributed by atoms with E-state index in [-0.39, 0.29) is 5.91 Å². The number of aromatic nitrogens is 1.